The Morgan fingerprint density at radius 3 is 2.87 bits per heavy atom. The average Bonchev–Trinajstić information content (AvgIpc) is 2.77. The van der Waals surface area contributed by atoms with Gasteiger partial charge in [0.2, 0.25) is 0 Å². The molecule has 0 saturated carbocycles. The molecule has 1 aromatic heterocycles. The quantitative estimate of drug-likeness (QED) is 0.703. The van der Waals surface area contributed by atoms with Crippen molar-refractivity contribution < 1.29 is 9.47 Å². The molecule has 82 valence electrons. The molecule has 0 radical (unpaired) electrons. The van der Waals surface area contributed by atoms with Crippen LogP contribution in [0.25, 0.3) is 0 Å². The number of aryl methyl sites for hydroxylation is 1. The van der Waals surface area contributed by atoms with Gasteiger partial charge in [0.1, 0.15) is 0 Å². The van der Waals surface area contributed by atoms with Gasteiger partial charge in [-0.1, -0.05) is 6.92 Å². The van der Waals surface area contributed by atoms with Crippen molar-refractivity contribution in [3.63, 3.8) is 0 Å². The number of nitrogens with zero attached hydrogens (tertiary/aromatic N) is 1. The summed E-state index contributed by atoms with van der Waals surface area (Å²) in [5.41, 5.74) is 3.63. The lowest BCUT2D eigenvalue weighted by atomic mass is 9.83. The summed E-state index contributed by atoms with van der Waals surface area (Å²) in [4.78, 5) is 0. The average molecular weight is 208 g/mol. The third kappa shape index (κ3) is 1.32. The van der Waals surface area contributed by atoms with Crippen molar-refractivity contribution in [2.24, 2.45) is 0 Å². The lowest BCUT2D eigenvalue weighted by Gasteiger charge is -2.34. The second-order valence-electron chi connectivity index (χ2n) is 4.60. The van der Waals surface area contributed by atoms with E-state index in [4.69, 9.17) is 9.47 Å². The van der Waals surface area contributed by atoms with Gasteiger partial charge in [-0.2, -0.15) is 5.10 Å². The van der Waals surface area contributed by atoms with Gasteiger partial charge < -0.3 is 9.47 Å². The highest BCUT2D eigenvalue weighted by Crippen LogP contribution is 2.41. The van der Waals surface area contributed by atoms with Crippen LogP contribution in [0.1, 0.15) is 36.2 Å². The van der Waals surface area contributed by atoms with Gasteiger partial charge in [0, 0.05) is 30.0 Å². The number of rotatable bonds is 0. The van der Waals surface area contributed by atoms with Gasteiger partial charge in [0.15, 0.2) is 5.79 Å². The number of hydrogen-bond acceptors (Lipinski definition) is 3. The monoisotopic (exact) mass is 208 g/mol. The number of aromatic nitrogens is 2. The Hall–Kier alpha value is -0.870. The van der Waals surface area contributed by atoms with Gasteiger partial charge in [-0.25, -0.2) is 0 Å². The number of hydrogen-bond donors (Lipinski definition) is 1. The third-order valence-corrected chi connectivity index (χ3v) is 3.45. The summed E-state index contributed by atoms with van der Waals surface area (Å²) in [5, 5.41) is 7.41. The summed E-state index contributed by atoms with van der Waals surface area (Å²) in [5.74, 6) is 0.0536. The van der Waals surface area contributed by atoms with E-state index in [9.17, 15) is 0 Å². The van der Waals surface area contributed by atoms with Gasteiger partial charge in [-0.05, 0) is 6.92 Å². The molecule has 1 N–H and O–H groups in total. The van der Waals surface area contributed by atoms with E-state index in [-0.39, 0.29) is 5.79 Å². The molecule has 0 bridgehead atoms. The van der Waals surface area contributed by atoms with E-state index in [2.05, 4.69) is 24.0 Å². The first-order chi connectivity index (χ1) is 7.20. The maximum absolute atomic E-state index is 5.77. The smallest absolute Gasteiger partial charge is 0.173 e. The third-order valence-electron chi connectivity index (χ3n) is 3.45. The fourth-order valence-corrected chi connectivity index (χ4v) is 2.72. The van der Waals surface area contributed by atoms with Gasteiger partial charge in [-0.15, -0.1) is 0 Å². The van der Waals surface area contributed by atoms with Gasteiger partial charge in [0.25, 0.3) is 0 Å². The minimum absolute atomic E-state index is 0.360. The Bertz CT molecular complexity index is 380. The first-order valence-electron chi connectivity index (χ1n) is 5.52. The molecule has 2 aliphatic rings. The van der Waals surface area contributed by atoms with Crippen molar-refractivity contribution in [3.8, 4) is 0 Å². The molecular formula is C11H16N2O2. The van der Waals surface area contributed by atoms with Gasteiger partial charge in [0.05, 0.1) is 18.9 Å². The molecule has 1 fully saturated rings. The number of nitrogens with one attached hydrogen (secondary N) is 1. The highest BCUT2D eigenvalue weighted by atomic mass is 16.7. The number of H-pyrrole nitrogens is 1. The van der Waals surface area contributed by atoms with E-state index in [1.807, 2.05) is 0 Å². The summed E-state index contributed by atoms with van der Waals surface area (Å²) >= 11 is 0. The molecule has 2 heterocycles. The number of fused-ring (bicyclic) bond motifs is 1. The van der Waals surface area contributed by atoms with Crippen molar-refractivity contribution in [1.82, 2.24) is 10.2 Å². The zero-order valence-corrected chi connectivity index (χ0v) is 9.17. The van der Waals surface area contributed by atoms with Gasteiger partial charge in [-0.3, -0.25) is 5.10 Å². The molecule has 3 rings (SSSR count). The Morgan fingerprint density at radius 1 is 1.40 bits per heavy atom. The van der Waals surface area contributed by atoms with Crippen LogP contribution in [-0.2, 0) is 15.9 Å². The van der Waals surface area contributed by atoms with Crippen LogP contribution in [0.4, 0.5) is 0 Å². The fraction of sp³-hybridized carbons (Fsp3) is 0.727. The number of aromatic amines is 1. The van der Waals surface area contributed by atoms with Crippen LogP contribution in [0.15, 0.2) is 0 Å². The van der Waals surface area contributed by atoms with E-state index >= 15 is 0 Å². The van der Waals surface area contributed by atoms with Crippen LogP contribution in [-0.4, -0.2) is 29.2 Å². The van der Waals surface area contributed by atoms with E-state index in [1.54, 1.807) is 0 Å². The normalized spacial score (nSPS) is 28.3. The van der Waals surface area contributed by atoms with E-state index in [1.165, 1.54) is 11.3 Å². The predicted octanol–water partition coefficient (Wildman–Crippen LogP) is 1.51. The molecule has 4 heteroatoms. The second kappa shape index (κ2) is 3.06. The second-order valence-corrected chi connectivity index (χ2v) is 4.60. The molecule has 1 saturated heterocycles. The van der Waals surface area contributed by atoms with Crippen LogP contribution in [0.5, 0.6) is 0 Å². The summed E-state index contributed by atoms with van der Waals surface area (Å²) in [6.45, 7) is 5.69. The molecule has 1 unspecified atom stereocenters. The van der Waals surface area contributed by atoms with E-state index in [0.717, 1.165) is 31.7 Å². The number of ether oxygens (including phenoxy) is 2. The molecular weight excluding hydrogens is 192 g/mol. The van der Waals surface area contributed by atoms with Crippen LogP contribution < -0.4 is 0 Å². The fourth-order valence-electron chi connectivity index (χ4n) is 2.72. The van der Waals surface area contributed by atoms with Crippen LogP contribution in [0.2, 0.25) is 0 Å². The van der Waals surface area contributed by atoms with Crippen molar-refractivity contribution in [2.45, 2.75) is 38.4 Å². The van der Waals surface area contributed by atoms with Crippen molar-refractivity contribution in [2.75, 3.05) is 13.2 Å². The Labute approximate surface area is 89.0 Å². The maximum atomic E-state index is 5.77. The largest absolute Gasteiger partial charge is 0.347 e. The minimum atomic E-state index is -0.360. The Morgan fingerprint density at radius 2 is 2.13 bits per heavy atom. The zero-order valence-electron chi connectivity index (χ0n) is 9.17. The molecule has 0 amide bonds. The summed E-state index contributed by atoms with van der Waals surface area (Å²) in [7, 11) is 0. The molecule has 15 heavy (non-hydrogen) atoms. The van der Waals surface area contributed by atoms with Crippen LogP contribution >= 0.6 is 0 Å². The molecule has 0 aromatic carbocycles. The highest BCUT2D eigenvalue weighted by Gasteiger charge is 2.44. The predicted molar refractivity (Wildman–Crippen MR) is 54.7 cm³/mol. The SMILES string of the molecule is Cc1[nH]nc2c1CC1(CC2C)OCCO1. The minimum Gasteiger partial charge on any atom is -0.347 e. The molecule has 1 aromatic rings. The molecule has 4 nitrogen and oxygen atoms in total. The summed E-state index contributed by atoms with van der Waals surface area (Å²) in [6, 6.07) is 0. The Kier molecular flexibility index (Phi) is 1.91. The molecule has 1 aliphatic carbocycles. The topological polar surface area (TPSA) is 47.1 Å². The molecule has 1 spiro atoms. The van der Waals surface area contributed by atoms with Gasteiger partial charge >= 0.3 is 0 Å². The first-order valence-corrected chi connectivity index (χ1v) is 5.52. The molecule has 1 atom stereocenters. The first kappa shape index (κ1) is 9.36. The molecule has 1 aliphatic heterocycles. The van der Waals surface area contributed by atoms with Crippen molar-refractivity contribution in [3.05, 3.63) is 17.0 Å². The van der Waals surface area contributed by atoms with E-state index in [0.29, 0.717) is 5.92 Å². The van der Waals surface area contributed by atoms with Crippen LogP contribution in [0.3, 0.4) is 0 Å². The highest BCUT2D eigenvalue weighted by molar-refractivity contribution is 5.31. The van der Waals surface area contributed by atoms with Crippen molar-refractivity contribution in [1.29, 1.82) is 0 Å². The lowest BCUT2D eigenvalue weighted by molar-refractivity contribution is -0.167. The standard InChI is InChI=1S/C11H16N2O2/c1-7-5-11(14-3-4-15-11)6-9-8(2)12-13-10(7)9/h7H,3-6H2,1-2H3,(H,12,13). The zero-order chi connectivity index (χ0) is 10.5. The maximum Gasteiger partial charge on any atom is 0.173 e. The summed E-state index contributed by atoms with van der Waals surface area (Å²) in [6.07, 6.45) is 1.76. The lowest BCUT2D eigenvalue weighted by Crippen LogP contribution is -2.38. The van der Waals surface area contributed by atoms with Crippen molar-refractivity contribution >= 4 is 0 Å². The van der Waals surface area contributed by atoms with E-state index < -0.39 is 0 Å². The Balaban J connectivity index is 2.00. The van der Waals surface area contributed by atoms with Crippen LogP contribution in [0, 0.1) is 6.92 Å². The summed E-state index contributed by atoms with van der Waals surface area (Å²) < 4.78 is 11.5.